The van der Waals surface area contributed by atoms with Gasteiger partial charge in [-0.25, -0.2) is 0 Å². The summed E-state index contributed by atoms with van der Waals surface area (Å²) < 4.78 is 5.99. The van der Waals surface area contributed by atoms with Crippen molar-refractivity contribution in [3.63, 3.8) is 0 Å². The topological polar surface area (TPSA) is 41.5 Å². The Morgan fingerprint density at radius 1 is 1.07 bits per heavy atom. The highest BCUT2D eigenvalue weighted by molar-refractivity contribution is 5.35. The molecule has 0 spiro atoms. The lowest BCUT2D eigenvalue weighted by molar-refractivity contribution is -0.0760. The van der Waals surface area contributed by atoms with Crippen molar-refractivity contribution in [3.8, 4) is 5.75 Å². The molecule has 3 nitrogen and oxygen atoms in total. The van der Waals surface area contributed by atoms with Crippen LogP contribution < -0.4 is 10.1 Å². The van der Waals surface area contributed by atoms with Gasteiger partial charge in [-0.2, -0.15) is 0 Å². The third-order valence-corrected chi connectivity index (χ3v) is 7.81. The minimum atomic E-state index is -0.469. The third-order valence-electron chi connectivity index (χ3n) is 7.81. The maximum absolute atomic E-state index is 10.6. The van der Waals surface area contributed by atoms with Crippen molar-refractivity contribution in [2.24, 2.45) is 23.2 Å². The summed E-state index contributed by atoms with van der Waals surface area (Å²) in [6, 6.07) is 8.73. The highest BCUT2D eigenvalue weighted by atomic mass is 16.5. The molecule has 28 heavy (non-hydrogen) atoms. The Kier molecular flexibility index (Phi) is 6.04. The van der Waals surface area contributed by atoms with Crippen LogP contribution in [0.3, 0.4) is 0 Å². The van der Waals surface area contributed by atoms with Crippen LogP contribution in [0.15, 0.2) is 24.3 Å². The number of para-hydroxylation sites is 1. The standard InChI is InChI=1S/C25H39NO2/c1-4-24(25-12-18-9-19(13-25)11-20(10-18)14-25)26-15-21(27)16-28-23-8-6-5-7-22(23)17(2)3/h5-8,17-21,24,26-27H,4,9-16H2,1-3H3. The molecule has 4 aliphatic rings. The molecule has 2 N–H and O–H groups in total. The molecule has 0 aromatic heterocycles. The second-order valence-electron chi connectivity index (χ2n) is 10.3. The number of aliphatic hydroxyl groups is 1. The van der Waals surface area contributed by atoms with Crippen LogP contribution in [0.1, 0.15) is 77.2 Å². The van der Waals surface area contributed by atoms with Crippen molar-refractivity contribution in [3.05, 3.63) is 29.8 Å². The number of nitrogens with one attached hydrogen (secondary N) is 1. The lowest BCUT2D eigenvalue weighted by Gasteiger charge is -2.59. The fourth-order valence-electron chi connectivity index (χ4n) is 7.01. The molecule has 0 saturated heterocycles. The number of rotatable bonds is 9. The first-order chi connectivity index (χ1) is 13.5. The molecule has 4 aliphatic carbocycles. The summed E-state index contributed by atoms with van der Waals surface area (Å²) in [4.78, 5) is 0. The summed E-state index contributed by atoms with van der Waals surface area (Å²) >= 11 is 0. The van der Waals surface area contributed by atoms with E-state index in [4.69, 9.17) is 4.74 Å². The molecule has 1 aromatic rings. The van der Waals surface area contributed by atoms with Gasteiger partial charge in [-0.15, -0.1) is 0 Å². The van der Waals surface area contributed by atoms with Crippen LogP contribution in [-0.4, -0.2) is 30.4 Å². The van der Waals surface area contributed by atoms with Crippen LogP contribution in [0.4, 0.5) is 0 Å². The van der Waals surface area contributed by atoms with Gasteiger partial charge < -0.3 is 15.2 Å². The lowest BCUT2D eigenvalue weighted by atomic mass is 9.47. The van der Waals surface area contributed by atoms with E-state index in [1.54, 1.807) is 0 Å². The molecule has 0 radical (unpaired) electrons. The van der Waals surface area contributed by atoms with Crippen molar-refractivity contribution in [2.75, 3.05) is 13.2 Å². The summed E-state index contributed by atoms with van der Waals surface area (Å²) in [6.07, 6.45) is 9.40. The van der Waals surface area contributed by atoms with E-state index in [1.165, 1.54) is 44.1 Å². The summed E-state index contributed by atoms with van der Waals surface area (Å²) in [6.45, 7) is 7.66. The zero-order valence-corrected chi connectivity index (χ0v) is 18.0. The second-order valence-corrected chi connectivity index (χ2v) is 10.3. The van der Waals surface area contributed by atoms with Crippen molar-refractivity contribution in [1.29, 1.82) is 0 Å². The number of ether oxygens (including phenoxy) is 1. The molecule has 4 fully saturated rings. The number of hydrogen-bond donors (Lipinski definition) is 2. The Morgan fingerprint density at radius 2 is 1.68 bits per heavy atom. The summed E-state index contributed by atoms with van der Waals surface area (Å²) in [5.74, 6) is 4.25. The van der Waals surface area contributed by atoms with Crippen LogP contribution in [0.5, 0.6) is 5.75 Å². The maximum atomic E-state index is 10.6. The summed E-state index contributed by atoms with van der Waals surface area (Å²) in [5.41, 5.74) is 1.71. The van der Waals surface area contributed by atoms with Gasteiger partial charge in [0.1, 0.15) is 18.5 Å². The van der Waals surface area contributed by atoms with E-state index in [-0.39, 0.29) is 0 Å². The van der Waals surface area contributed by atoms with Gasteiger partial charge in [0.25, 0.3) is 0 Å². The largest absolute Gasteiger partial charge is 0.491 e. The molecule has 4 bridgehead atoms. The van der Waals surface area contributed by atoms with Gasteiger partial charge in [-0.3, -0.25) is 0 Å². The molecule has 1 aromatic carbocycles. The second kappa shape index (κ2) is 8.36. The molecular formula is C25H39NO2. The number of benzene rings is 1. The molecule has 4 saturated carbocycles. The Balaban J connectivity index is 1.31. The van der Waals surface area contributed by atoms with Crippen LogP contribution in [0, 0.1) is 23.2 Å². The Morgan fingerprint density at radius 3 is 2.25 bits per heavy atom. The van der Waals surface area contributed by atoms with E-state index in [9.17, 15) is 5.11 Å². The van der Waals surface area contributed by atoms with Crippen molar-refractivity contribution < 1.29 is 9.84 Å². The highest BCUT2D eigenvalue weighted by Crippen LogP contribution is 2.61. The summed E-state index contributed by atoms with van der Waals surface area (Å²) in [7, 11) is 0. The highest BCUT2D eigenvalue weighted by Gasteiger charge is 2.53. The molecule has 2 atom stereocenters. The molecule has 0 heterocycles. The quantitative estimate of drug-likeness (QED) is 0.619. The molecular weight excluding hydrogens is 346 g/mol. The third kappa shape index (κ3) is 4.11. The molecule has 2 unspecified atom stereocenters. The van der Waals surface area contributed by atoms with Gasteiger partial charge in [0.15, 0.2) is 0 Å². The number of hydrogen-bond acceptors (Lipinski definition) is 3. The first-order valence-electron chi connectivity index (χ1n) is 11.6. The van der Waals surface area contributed by atoms with Crippen LogP contribution in [0.2, 0.25) is 0 Å². The Labute approximate surface area is 171 Å². The van der Waals surface area contributed by atoms with Crippen LogP contribution >= 0.6 is 0 Å². The van der Waals surface area contributed by atoms with Crippen molar-refractivity contribution in [2.45, 2.75) is 83.8 Å². The first kappa shape index (κ1) is 20.2. The lowest BCUT2D eigenvalue weighted by Crippen LogP contribution is -2.56. The van der Waals surface area contributed by atoms with Crippen molar-refractivity contribution >= 4 is 0 Å². The van der Waals surface area contributed by atoms with E-state index >= 15 is 0 Å². The van der Waals surface area contributed by atoms with Gasteiger partial charge in [0, 0.05) is 12.6 Å². The maximum Gasteiger partial charge on any atom is 0.122 e. The number of aliphatic hydroxyl groups excluding tert-OH is 1. The molecule has 5 rings (SSSR count). The van der Waals surface area contributed by atoms with E-state index in [2.05, 4.69) is 38.2 Å². The zero-order valence-electron chi connectivity index (χ0n) is 18.0. The van der Waals surface area contributed by atoms with E-state index in [0.717, 1.165) is 29.9 Å². The fraction of sp³-hybridized carbons (Fsp3) is 0.760. The molecule has 3 heteroatoms. The predicted octanol–water partition coefficient (Wildman–Crippen LogP) is 5.13. The smallest absolute Gasteiger partial charge is 0.122 e. The molecule has 156 valence electrons. The van der Waals surface area contributed by atoms with E-state index in [0.29, 0.717) is 30.5 Å². The fourth-order valence-corrected chi connectivity index (χ4v) is 7.01. The van der Waals surface area contributed by atoms with Crippen LogP contribution in [-0.2, 0) is 0 Å². The van der Waals surface area contributed by atoms with Gasteiger partial charge >= 0.3 is 0 Å². The monoisotopic (exact) mass is 385 g/mol. The summed E-state index contributed by atoms with van der Waals surface area (Å²) in [5, 5.41) is 14.3. The minimum absolute atomic E-state index is 0.355. The van der Waals surface area contributed by atoms with Crippen LogP contribution in [0.25, 0.3) is 0 Å². The van der Waals surface area contributed by atoms with Crippen molar-refractivity contribution in [1.82, 2.24) is 5.32 Å². The SMILES string of the molecule is CCC(NCC(O)COc1ccccc1C(C)C)C12CC3CC(CC(C3)C1)C2. The molecule has 0 aliphatic heterocycles. The minimum Gasteiger partial charge on any atom is -0.491 e. The van der Waals surface area contributed by atoms with Gasteiger partial charge in [-0.05, 0) is 85.7 Å². The first-order valence-corrected chi connectivity index (χ1v) is 11.6. The van der Waals surface area contributed by atoms with Gasteiger partial charge in [0.05, 0.1) is 0 Å². The normalized spacial score (nSPS) is 33.2. The average Bonchev–Trinajstić information content (AvgIpc) is 2.65. The molecule has 0 amide bonds. The zero-order chi connectivity index (χ0) is 19.7. The van der Waals surface area contributed by atoms with Gasteiger partial charge in [-0.1, -0.05) is 39.0 Å². The Hall–Kier alpha value is -1.06. The predicted molar refractivity (Wildman–Crippen MR) is 115 cm³/mol. The Bertz CT molecular complexity index is 620. The van der Waals surface area contributed by atoms with E-state index in [1.807, 2.05) is 12.1 Å². The average molecular weight is 386 g/mol. The van der Waals surface area contributed by atoms with E-state index < -0.39 is 6.10 Å². The van der Waals surface area contributed by atoms with Gasteiger partial charge in [0.2, 0.25) is 0 Å².